The van der Waals surface area contributed by atoms with Crippen LogP contribution in [0.4, 0.5) is 5.82 Å². The Bertz CT molecular complexity index is 1660. The maximum Gasteiger partial charge on any atom is 0.212 e. The number of hydrogen-bond donors (Lipinski definition) is 0. The largest absolute Gasteiger partial charge is 0.491 e. The second-order valence-corrected chi connectivity index (χ2v) is 11.8. The molecule has 226 valence electrons. The molecule has 4 aromatic heterocycles. The molecule has 0 radical (unpaired) electrons. The summed E-state index contributed by atoms with van der Waals surface area (Å²) < 4.78 is 13.1. The molecule has 0 amide bonds. The topological polar surface area (TPSA) is 112 Å². The molecule has 2 bridgehead atoms. The molecule has 0 aromatic carbocycles. The van der Waals surface area contributed by atoms with E-state index in [0.29, 0.717) is 54.5 Å². The van der Waals surface area contributed by atoms with Gasteiger partial charge < -0.3 is 14.4 Å². The van der Waals surface area contributed by atoms with Crippen LogP contribution < -0.4 is 14.4 Å². The summed E-state index contributed by atoms with van der Waals surface area (Å²) in [5, 5.41) is 14.2. The number of nitrogens with zero attached hydrogens (tertiary/aromatic N) is 8. The zero-order valence-corrected chi connectivity index (χ0v) is 24.9. The van der Waals surface area contributed by atoms with Gasteiger partial charge in [-0.1, -0.05) is 6.07 Å². The minimum Gasteiger partial charge on any atom is -0.491 e. The monoisotopic (exact) mass is 592 g/mol. The molecule has 3 saturated heterocycles. The van der Waals surface area contributed by atoms with E-state index < -0.39 is 0 Å². The van der Waals surface area contributed by atoms with Gasteiger partial charge in [-0.15, -0.1) is 0 Å². The van der Waals surface area contributed by atoms with Crippen molar-refractivity contribution >= 4 is 17.1 Å². The molecule has 44 heavy (non-hydrogen) atoms. The molecule has 3 aliphatic rings. The number of fused-ring (bicyclic) bond motifs is 3. The molecule has 2 unspecified atom stereocenters. The van der Waals surface area contributed by atoms with Gasteiger partial charge in [-0.25, -0.2) is 14.5 Å². The quantitative estimate of drug-likeness (QED) is 0.286. The number of piperazine rings is 1. The van der Waals surface area contributed by atoms with Crippen molar-refractivity contribution in [3.8, 4) is 28.8 Å². The third-order valence-corrected chi connectivity index (χ3v) is 9.19. The zero-order chi connectivity index (χ0) is 30.0. The number of anilines is 1. The predicted octanol–water partition coefficient (Wildman–Crippen LogP) is 3.57. The Hall–Kier alpha value is -4.53. The van der Waals surface area contributed by atoms with Gasteiger partial charge in [0.1, 0.15) is 30.0 Å². The van der Waals surface area contributed by atoms with Crippen molar-refractivity contribution in [2.75, 3.05) is 51.3 Å². The fourth-order valence-electron chi connectivity index (χ4n) is 6.92. The van der Waals surface area contributed by atoms with Gasteiger partial charge in [0.2, 0.25) is 5.88 Å². The number of rotatable bonds is 9. The lowest BCUT2D eigenvalue weighted by Crippen LogP contribution is -2.46. The van der Waals surface area contributed by atoms with Gasteiger partial charge in [-0.05, 0) is 36.6 Å². The van der Waals surface area contributed by atoms with E-state index in [2.05, 4.69) is 49.1 Å². The molecule has 2 atom stereocenters. The lowest BCUT2D eigenvalue weighted by molar-refractivity contribution is -0.123. The number of carbonyl (C=O) groups excluding carboxylic acids is 1. The number of piperidine rings is 1. The number of ether oxygens (including phenoxy) is 2. The Morgan fingerprint density at radius 3 is 2.50 bits per heavy atom. The highest BCUT2D eigenvalue weighted by Gasteiger charge is 2.39. The molecule has 11 nitrogen and oxygen atoms in total. The van der Waals surface area contributed by atoms with E-state index in [1.165, 1.54) is 5.56 Å². The van der Waals surface area contributed by atoms with E-state index in [4.69, 9.17) is 14.5 Å². The fourth-order valence-corrected chi connectivity index (χ4v) is 6.92. The van der Waals surface area contributed by atoms with Crippen molar-refractivity contribution in [1.82, 2.24) is 29.4 Å². The molecule has 4 aromatic rings. The van der Waals surface area contributed by atoms with Crippen LogP contribution in [0.25, 0.3) is 16.6 Å². The van der Waals surface area contributed by atoms with Gasteiger partial charge >= 0.3 is 0 Å². The number of Topliss-reactive ketones (excluding diaryl/α,β-unsaturated/α-hetero) is 1. The number of carbonyl (C=O) groups is 1. The third kappa shape index (κ3) is 5.70. The van der Waals surface area contributed by atoms with Crippen LogP contribution in [0.3, 0.4) is 0 Å². The van der Waals surface area contributed by atoms with Gasteiger partial charge in [0.15, 0.2) is 0 Å². The van der Waals surface area contributed by atoms with Gasteiger partial charge in [-0.3, -0.25) is 14.6 Å². The first-order chi connectivity index (χ1) is 21.6. The fraction of sp³-hybridized carbons (Fsp3) is 0.424. The number of aromatic nitrogens is 4. The smallest absolute Gasteiger partial charge is 0.212 e. The zero-order valence-electron chi connectivity index (χ0n) is 24.9. The van der Waals surface area contributed by atoms with Crippen molar-refractivity contribution < 1.29 is 14.3 Å². The highest BCUT2D eigenvalue weighted by molar-refractivity contribution is 5.85. The summed E-state index contributed by atoms with van der Waals surface area (Å²) in [6.45, 7) is 5.82. The molecule has 0 aliphatic carbocycles. The molecular weight excluding hydrogens is 556 g/mol. The maximum atomic E-state index is 12.0. The normalized spacial score (nSPS) is 20.6. The van der Waals surface area contributed by atoms with E-state index in [0.717, 1.165) is 74.6 Å². The Kier molecular flexibility index (Phi) is 7.85. The van der Waals surface area contributed by atoms with Gasteiger partial charge in [0.25, 0.3) is 0 Å². The predicted molar refractivity (Wildman–Crippen MR) is 165 cm³/mol. The van der Waals surface area contributed by atoms with Gasteiger partial charge in [0.05, 0.1) is 30.6 Å². The van der Waals surface area contributed by atoms with Crippen molar-refractivity contribution in [1.29, 1.82) is 5.26 Å². The standard InChI is InChI=1S/C33H36N8O3/c1-43-32-7-2-23(18-36-32)21-38-8-10-39(11-9-38)31-6-3-24(19-35-31)30-16-29(22-41-33(30)25(17-34)20-37-41)44-13-12-40-26-4-5-27(40)15-28(42)14-26/h2-3,6-7,16,18-20,22,26-27H,4-5,8-15,21H2,1H3. The molecule has 11 heteroatoms. The van der Waals surface area contributed by atoms with Crippen LogP contribution in [0.15, 0.2) is 55.1 Å². The summed E-state index contributed by atoms with van der Waals surface area (Å²) in [5.74, 6) is 2.64. The summed E-state index contributed by atoms with van der Waals surface area (Å²) in [5.41, 5.74) is 4.18. The highest BCUT2D eigenvalue weighted by atomic mass is 16.5. The number of ketones is 1. The molecule has 3 aliphatic heterocycles. The minimum atomic E-state index is 0.352. The first-order valence-electron chi connectivity index (χ1n) is 15.3. The van der Waals surface area contributed by atoms with E-state index in [-0.39, 0.29) is 0 Å². The van der Waals surface area contributed by atoms with E-state index in [9.17, 15) is 10.1 Å². The summed E-state index contributed by atoms with van der Waals surface area (Å²) in [6, 6.07) is 13.0. The highest BCUT2D eigenvalue weighted by Crippen LogP contribution is 2.34. The number of methoxy groups -OCH3 is 1. The third-order valence-electron chi connectivity index (χ3n) is 9.19. The summed E-state index contributed by atoms with van der Waals surface area (Å²) in [4.78, 5) is 28.3. The van der Waals surface area contributed by atoms with Crippen LogP contribution in [0, 0.1) is 11.3 Å². The van der Waals surface area contributed by atoms with Crippen LogP contribution in [0.1, 0.15) is 36.8 Å². The molecular formula is C33H36N8O3. The van der Waals surface area contributed by atoms with Crippen molar-refractivity contribution in [2.45, 2.75) is 44.3 Å². The minimum absolute atomic E-state index is 0.352. The Morgan fingerprint density at radius 1 is 1.00 bits per heavy atom. The van der Waals surface area contributed by atoms with E-state index >= 15 is 0 Å². The maximum absolute atomic E-state index is 12.0. The van der Waals surface area contributed by atoms with Crippen LogP contribution >= 0.6 is 0 Å². The summed E-state index contributed by atoms with van der Waals surface area (Å²) in [6.07, 6.45) is 10.7. The molecule has 3 fully saturated rings. The Morgan fingerprint density at radius 2 is 1.82 bits per heavy atom. The Labute approximate surface area is 256 Å². The van der Waals surface area contributed by atoms with E-state index in [1.54, 1.807) is 17.8 Å². The van der Waals surface area contributed by atoms with Crippen molar-refractivity contribution in [3.63, 3.8) is 0 Å². The molecule has 7 rings (SSSR count). The summed E-state index contributed by atoms with van der Waals surface area (Å²) >= 11 is 0. The average Bonchev–Trinajstić information content (AvgIpc) is 3.58. The molecule has 0 N–H and O–H groups in total. The van der Waals surface area contributed by atoms with Crippen LogP contribution in [-0.4, -0.2) is 93.7 Å². The first kappa shape index (κ1) is 28.3. The van der Waals surface area contributed by atoms with E-state index in [1.807, 2.05) is 30.7 Å². The molecule has 0 saturated carbocycles. The average molecular weight is 593 g/mol. The number of hydrogen-bond acceptors (Lipinski definition) is 10. The van der Waals surface area contributed by atoms with Gasteiger partial charge in [-0.2, -0.15) is 10.4 Å². The van der Waals surface area contributed by atoms with Crippen LogP contribution in [-0.2, 0) is 11.3 Å². The van der Waals surface area contributed by atoms with Crippen molar-refractivity contribution in [2.24, 2.45) is 0 Å². The first-order valence-corrected chi connectivity index (χ1v) is 15.3. The second kappa shape index (κ2) is 12.2. The van der Waals surface area contributed by atoms with Crippen molar-refractivity contribution in [3.05, 3.63) is 66.2 Å². The number of pyridine rings is 3. The molecule has 0 spiro atoms. The van der Waals surface area contributed by atoms with Crippen LogP contribution in [0.2, 0.25) is 0 Å². The number of nitriles is 1. The van der Waals surface area contributed by atoms with Gasteiger partial charge in [0, 0.05) is 93.8 Å². The summed E-state index contributed by atoms with van der Waals surface area (Å²) in [7, 11) is 1.63. The lowest BCUT2D eigenvalue weighted by Gasteiger charge is -2.35. The second-order valence-electron chi connectivity index (χ2n) is 11.8. The lowest BCUT2D eigenvalue weighted by atomic mass is 10.0. The molecule has 7 heterocycles. The Balaban J connectivity index is 1.02. The SMILES string of the molecule is COc1ccc(CN2CCN(c3ccc(-c4cc(OCCN5C6CCC5CC(=O)C6)cn5ncc(C#N)c45)cn3)CC2)cn1. The van der Waals surface area contributed by atoms with Crippen LogP contribution in [0.5, 0.6) is 11.6 Å².